The van der Waals surface area contributed by atoms with Gasteiger partial charge in [0, 0.05) is 13.6 Å². The molecule has 0 atom stereocenters. The van der Waals surface area contributed by atoms with Crippen LogP contribution in [0.1, 0.15) is 39.0 Å². The molecule has 19 heavy (non-hydrogen) atoms. The Hall–Kier alpha value is -0.470. The summed E-state index contributed by atoms with van der Waals surface area (Å²) in [5.41, 5.74) is 0.0593. The highest BCUT2D eigenvalue weighted by molar-refractivity contribution is 9.10. The van der Waals surface area contributed by atoms with Crippen LogP contribution in [0.3, 0.4) is 0 Å². The number of rotatable bonds is 4. The monoisotopic (exact) mass is 350 g/mol. The smallest absolute Gasteiger partial charge is 0.235 e. The van der Waals surface area contributed by atoms with E-state index in [1.54, 1.807) is 7.05 Å². The fourth-order valence-corrected chi connectivity index (χ4v) is 4.82. The van der Waals surface area contributed by atoms with E-state index in [-0.39, 0.29) is 15.0 Å². The zero-order valence-corrected chi connectivity index (χ0v) is 13.6. The molecule has 1 aromatic heterocycles. The summed E-state index contributed by atoms with van der Waals surface area (Å²) in [7, 11) is -2.01. The van der Waals surface area contributed by atoms with Crippen molar-refractivity contribution in [1.82, 2.24) is 19.7 Å². The number of hydrogen-bond donors (Lipinski definition) is 1. The van der Waals surface area contributed by atoms with Gasteiger partial charge in [-0.2, -0.15) is 0 Å². The molecule has 6 nitrogen and oxygen atoms in total. The molecule has 2 rings (SSSR count). The molecule has 0 bridgehead atoms. The molecule has 1 N–H and O–H groups in total. The van der Waals surface area contributed by atoms with E-state index in [2.05, 4.69) is 37.9 Å². The first kappa shape index (κ1) is 14.9. The van der Waals surface area contributed by atoms with Crippen LogP contribution in [0, 0.1) is 5.41 Å². The Morgan fingerprint density at radius 2 is 2.00 bits per heavy atom. The molecular formula is C11H19BrN4O2S. The van der Waals surface area contributed by atoms with Crippen LogP contribution in [-0.4, -0.2) is 30.0 Å². The maximum absolute atomic E-state index is 12.3. The summed E-state index contributed by atoms with van der Waals surface area (Å²) in [5.74, 6) is 0. The first-order valence-corrected chi connectivity index (χ1v) is 8.67. The van der Waals surface area contributed by atoms with E-state index >= 15 is 0 Å². The average Bonchev–Trinajstić information content (AvgIpc) is 2.68. The molecule has 1 heterocycles. The molecule has 1 aliphatic carbocycles. The van der Waals surface area contributed by atoms with Gasteiger partial charge in [0.2, 0.25) is 5.03 Å². The lowest BCUT2D eigenvalue weighted by Gasteiger charge is -2.33. The van der Waals surface area contributed by atoms with E-state index < -0.39 is 10.0 Å². The fraction of sp³-hybridized carbons (Fsp3) is 0.818. The molecule has 0 saturated heterocycles. The highest BCUT2D eigenvalue weighted by atomic mass is 79.9. The van der Waals surface area contributed by atoms with E-state index in [9.17, 15) is 8.42 Å². The molecule has 0 spiro atoms. The molecule has 0 unspecified atom stereocenters. The van der Waals surface area contributed by atoms with Gasteiger partial charge < -0.3 is 0 Å². The molecule has 108 valence electrons. The quantitative estimate of drug-likeness (QED) is 0.898. The van der Waals surface area contributed by atoms with Crippen molar-refractivity contribution in [3.8, 4) is 0 Å². The summed E-state index contributed by atoms with van der Waals surface area (Å²) in [6.45, 7) is 2.61. The van der Waals surface area contributed by atoms with Crippen molar-refractivity contribution in [2.75, 3.05) is 6.54 Å². The Morgan fingerprint density at radius 3 is 2.53 bits per heavy atom. The van der Waals surface area contributed by atoms with Crippen molar-refractivity contribution in [3.05, 3.63) is 4.60 Å². The summed E-state index contributed by atoms with van der Waals surface area (Å²) in [4.78, 5) is 0. The third kappa shape index (κ3) is 3.35. The van der Waals surface area contributed by atoms with Gasteiger partial charge in [-0.15, -0.1) is 5.10 Å². The maximum Gasteiger partial charge on any atom is 0.260 e. The van der Waals surface area contributed by atoms with Crippen LogP contribution in [0.5, 0.6) is 0 Å². The van der Waals surface area contributed by atoms with E-state index in [1.165, 1.54) is 23.9 Å². The molecular weight excluding hydrogens is 332 g/mol. The van der Waals surface area contributed by atoms with Crippen LogP contribution in [0.2, 0.25) is 0 Å². The summed E-state index contributed by atoms with van der Waals surface area (Å²) in [6.07, 6.45) is 5.74. The molecule has 1 aromatic rings. The minimum atomic E-state index is -3.57. The molecule has 1 aliphatic rings. The minimum absolute atomic E-state index is 0.0593. The van der Waals surface area contributed by atoms with Crippen LogP contribution in [0.4, 0.5) is 0 Å². The number of sulfonamides is 1. The first-order valence-electron chi connectivity index (χ1n) is 6.39. The highest BCUT2D eigenvalue weighted by Crippen LogP contribution is 2.35. The molecule has 1 fully saturated rings. The van der Waals surface area contributed by atoms with Crippen molar-refractivity contribution >= 4 is 26.0 Å². The molecule has 8 heteroatoms. The van der Waals surface area contributed by atoms with Gasteiger partial charge in [-0.05, 0) is 34.2 Å². The number of nitrogens with one attached hydrogen (secondary N) is 1. The predicted octanol–water partition coefficient (Wildman–Crippen LogP) is 1.83. The second kappa shape index (κ2) is 5.49. The van der Waals surface area contributed by atoms with Crippen molar-refractivity contribution < 1.29 is 8.42 Å². The maximum atomic E-state index is 12.3. The Morgan fingerprint density at radius 1 is 1.37 bits per heavy atom. The number of aryl methyl sites for hydroxylation is 1. The molecule has 0 aromatic carbocycles. The number of halogens is 1. The van der Waals surface area contributed by atoms with Crippen molar-refractivity contribution in [3.63, 3.8) is 0 Å². The van der Waals surface area contributed by atoms with E-state index in [1.807, 2.05) is 0 Å². The lowest BCUT2D eigenvalue weighted by atomic mass is 9.76. The van der Waals surface area contributed by atoms with Gasteiger partial charge in [0.25, 0.3) is 10.0 Å². The van der Waals surface area contributed by atoms with Crippen molar-refractivity contribution in [2.24, 2.45) is 12.5 Å². The fourth-order valence-electron chi connectivity index (χ4n) is 2.53. The third-order valence-corrected chi connectivity index (χ3v) is 6.03. The van der Waals surface area contributed by atoms with Gasteiger partial charge in [0.1, 0.15) is 0 Å². The minimum Gasteiger partial charge on any atom is -0.235 e. The average molecular weight is 351 g/mol. The standard InChI is InChI=1S/C11H19BrN4O2S/c1-11(6-4-3-5-7-11)8-13-19(17,18)10-9(12)14-15-16(10)2/h13H,3-8H2,1-2H3. The normalized spacial score (nSPS) is 19.5. The first-order chi connectivity index (χ1) is 8.84. The Balaban J connectivity index is 2.10. The van der Waals surface area contributed by atoms with Crippen LogP contribution in [-0.2, 0) is 17.1 Å². The summed E-state index contributed by atoms with van der Waals surface area (Å²) >= 11 is 3.12. The lowest BCUT2D eigenvalue weighted by molar-refractivity contribution is 0.219. The van der Waals surface area contributed by atoms with Crippen molar-refractivity contribution in [1.29, 1.82) is 0 Å². The van der Waals surface area contributed by atoms with Gasteiger partial charge in [0.15, 0.2) is 4.60 Å². The second-order valence-electron chi connectivity index (χ2n) is 5.50. The number of hydrogen-bond acceptors (Lipinski definition) is 4. The SMILES string of the molecule is Cn1nnc(Br)c1S(=O)(=O)NCC1(C)CCCCC1. The van der Waals surface area contributed by atoms with E-state index in [4.69, 9.17) is 0 Å². The Labute approximate surface area is 122 Å². The molecule has 0 amide bonds. The lowest BCUT2D eigenvalue weighted by Crippen LogP contribution is -2.37. The van der Waals surface area contributed by atoms with E-state index in [0.29, 0.717) is 6.54 Å². The summed E-state index contributed by atoms with van der Waals surface area (Å²) < 4.78 is 28.8. The predicted molar refractivity (Wildman–Crippen MR) is 75.1 cm³/mol. The topological polar surface area (TPSA) is 76.9 Å². The highest BCUT2D eigenvalue weighted by Gasteiger charge is 2.30. The Bertz CT molecular complexity index is 530. The van der Waals surface area contributed by atoms with Crippen LogP contribution in [0.15, 0.2) is 9.63 Å². The van der Waals surface area contributed by atoms with Crippen LogP contribution < -0.4 is 4.72 Å². The van der Waals surface area contributed by atoms with Gasteiger partial charge in [-0.3, -0.25) is 0 Å². The summed E-state index contributed by atoms with van der Waals surface area (Å²) in [6, 6.07) is 0. The zero-order valence-electron chi connectivity index (χ0n) is 11.2. The summed E-state index contributed by atoms with van der Waals surface area (Å²) in [5, 5.41) is 7.48. The number of aromatic nitrogens is 3. The van der Waals surface area contributed by atoms with E-state index in [0.717, 1.165) is 12.8 Å². The Kier molecular flexibility index (Phi) is 4.32. The number of nitrogens with zero attached hydrogens (tertiary/aromatic N) is 3. The molecule has 1 saturated carbocycles. The van der Waals surface area contributed by atoms with Gasteiger partial charge in [0.05, 0.1) is 0 Å². The molecule has 0 radical (unpaired) electrons. The van der Waals surface area contributed by atoms with Crippen LogP contribution >= 0.6 is 15.9 Å². The zero-order chi connectivity index (χ0) is 14.1. The second-order valence-corrected chi connectivity index (χ2v) is 7.94. The van der Waals surface area contributed by atoms with Crippen LogP contribution in [0.25, 0.3) is 0 Å². The largest absolute Gasteiger partial charge is 0.260 e. The van der Waals surface area contributed by atoms with Gasteiger partial charge in [-0.25, -0.2) is 17.8 Å². The van der Waals surface area contributed by atoms with Crippen molar-refractivity contribution in [2.45, 2.75) is 44.1 Å². The third-order valence-electron chi connectivity index (χ3n) is 3.74. The van der Waals surface area contributed by atoms with Gasteiger partial charge >= 0.3 is 0 Å². The van der Waals surface area contributed by atoms with Gasteiger partial charge in [-0.1, -0.05) is 31.4 Å². The molecule has 0 aliphatic heterocycles.